The molecule has 2 aromatic rings. The molecule has 2 aromatic heterocycles. The van der Waals surface area contributed by atoms with Crippen LogP contribution in [0.4, 0.5) is 0 Å². The zero-order valence-corrected chi connectivity index (χ0v) is 12.0. The fraction of sp³-hybridized carbons (Fsp3) is 0.571. The standard InChI is InChI=1S/C14H23N5/c1-4-5-18-9-12(7-17-18)14-8-16-10-19(14)13(6-15)11(2)3/h7-11,13H,4-6,15H2,1-3H3. The second kappa shape index (κ2) is 6.02. The van der Waals surface area contributed by atoms with Crippen molar-refractivity contribution in [3.05, 3.63) is 24.9 Å². The highest BCUT2D eigenvalue weighted by atomic mass is 15.3. The molecule has 0 aliphatic rings. The van der Waals surface area contributed by atoms with Crippen LogP contribution in [0.25, 0.3) is 11.3 Å². The van der Waals surface area contributed by atoms with Crippen LogP contribution in [0.2, 0.25) is 0 Å². The first-order valence-electron chi connectivity index (χ1n) is 6.92. The summed E-state index contributed by atoms with van der Waals surface area (Å²) in [6, 6.07) is 0.270. The Balaban J connectivity index is 2.32. The molecule has 1 atom stereocenters. The maximum Gasteiger partial charge on any atom is 0.0954 e. The third-order valence-electron chi connectivity index (χ3n) is 3.42. The molecule has 0 aromatic carbocycles. The first kappa shape index (κ1) is 13.8. The molecule has 0 fully saturated rings. The molecule has 5 heteroatoms. The van der Waals surface area contributed by atoms with Crippen LogP contribution in [0.1, 0.15) is 33.2 Å². The van der Waals surface area contributed by atoms with Gasteiger partial charge in [-0.25, -0.2) is 4.98 Å². The van der Waals surface area contributed by atoms with Crippen LogP contribution in [-0.4, -0.2) is 25.9 Å². The molecule has 0 saturated heterocycles. The Bertz CT molecular complexity index is 511. The van der Waals surface area contributed by atoms with Crippen LogP contribution < -0.4 is 5.73 Å². The van der Waals surface area contributed by atoms with E-state index in [1.54, 1.807) is 0 Å². The zero-order valence-electron chi connectivity index (χ0n) is 12.0. The minimum atomic E-state index is 0.270. The van der Waals surface area contributed by atoms with E-state index in [0.29, 0.717) is 12.5 Å². The van der Waals surface area contributed by atoms with E-state index in [2.05, 4.69) is 41.6 Å². The Morgan fingerprint density at radius 2 is 2.11 bits per heavy atom. The SMILES string of the molecule is CCCn1cc(-c2cncn2C(CN)C(C)C)cn1. The van der Waals surface area contributed by atoms with Crippen molar-refractivity contribution < 1.29 is 0 Å². The lowest BCUT2D eigenvalue weighted by atomic mass is 10.0. The Labute approximate surface area is 114 Å². The van der Waals surface area contributed by atoms with Crippen molar-refractivity contribution in [3.8, 4) is 11.3 Å². The molecule has 19 heavy (non-hydrogen) atoms. The number of nitrogens with two attached hydrogens (primary N) is 1. The van der Waals surface area contributed by atoms with Crippen LogP contribution in [0, 0.1) is 5.92 Å². The number of nitrogens with zero attached hydrogens (tertiary/aromatic N) is 4. The average Bonchev–Trinajstić information content (AvgIpc) is 2.98. The number of aromatic nitrogens is 4. The van der Waals surface area contributed by atoms with Crippen molar-refractivity contribution >= 4 is 0 Å². The predicted octanol–water partition coefficient (Wildman–Crippen LogP) is 2.31. The Morgan fingerprint density at radius 1 is 1.32 bits per heavy atom. The second-order valence-corrected chi connectivity index (χ2v) is 5.23. The number of aryl methyl sites for hydroxylation is 1. The van der Waals surface area contributed by atoms with Crippen LogP contribution in [0.5, 0.6) is 0 Å². The van der Waals surface area contributed by atoms with Crippen molar-refractivity contribution in [1.82, 2.24) is 19.3 Å². The quantitative estimate of drug-likeness (QED) is 0.868. The molecule has 104 valence electrons. The molecule has 0 aliphatic carbocycles. The summed E-state index contributed by atoms with van der Waals surface area (Å²) in [6.07, 6.45) is 8.81. The summed E-state index contributed by atoms with van der Waals surface area (Å²) < 4.78 is 4.14. The van der Waals surface area contributed by atoms with Crippen molar-refractivity contribution in [3.63, 3.8) is 0 Å². The summed E-state index contributed by atoms with van der Waals surface area (Å²) in [6.45, 7) is 8.07. The number of imidazole rings is 1. The largest absolute Gasteiger partial charge is 0.328 e. The highest BCUT2D eigenvalue weighted by Gasteiger charge is 2.18. The lowest BCUT2D eigenvalue weighted by Crippen LogP contribution is -2.24. The van der Waals surface area contributed by atoms with Gasteiger partial charge >= 0.3 is 0 Å². The Kier molecular flexibility index (Phi) is 4.37. The minimum absolute atomic E-state index is 0.270. The summed E-state index contributed by atoms with van der Waals surface area (Å²) in [4.78, 5) is 4.28. The third kappa shape index (κ3) is 2.87. The van der Waals surface area contributed by atoms with Crippen molar-refractivity contribution in [1.29, 1.82) is 0 Å². The molecule has 2 rings (SSSR count). The molecule has 5 nitrogen and oxygen atoms in total. The molecule has 0 spiro atoms. The topological polar surface area (TPSA) is 61.7 Å². The van der Waals surface area contributed by atoms with E-state index in [-0.39, 0.29) is 6.04 Å². The highest BCUT2D eigenvalue weighted by Crippen LogP contribution is 2.25. The fourth-order valence-electron chi connectivity index (χ4n) is 2.35. The molecule has 2 heterocycles. The summed E-state index contributed by atoms with van der Waals surface area (Å²) in [5.74, 6) is 0.476. The van der Waals surface area contributed by atoms with Gasteiger partial charge in [-0.15, -0.1) is 0 Å². The predicted molar refractivity (Wildman–Crippen MR) is 76.7 cm³/mol. The first-order chi connectivity index (χ1) is 9.17. The Hall–Kier alpha value is -1.62. The third-order valence-corrected chi connectivity index (χ3v) is 3.42. The lowest BCUT2D eigenvalue weighted by molar-refractivity contribution is 0.387. The molecule has 0 saturated carbocycles. The number of rotatable bonds is 6. The molecule has 0 bridgehead atoms. The van der Waals surface area contributed by atoms with E-state index in [4.69, 9.17) is 5.73 Å². The van der Waals surface area contributed by atoms with E-state index in [0.717, 1.165) is 24.2 Å². The minimum Gasteiger partial charge on any atom is -0.328 e. The smallest absolute Gasteiger partial charge is 0.0954 e. The first-order valence-corrected chi connectivity index (χ1v) is 6.92. The van der Waals surface area contributed by atoms with Gasteiger partial charge in [0.1, 0.15) is 0 Å². The Morgan fingerprint density at radius 3 is 2.74 bits per heavy atom. The van der Waals surface area contributed by atoms with Crippen LogP contribution >= 0.6 is 0 Å². The molecule has 0 radical (unpaired) electrons. The maximum absolute atomic E-state index is 5.90. The van der Waals surface area contributed by atoms with Crippen LogP contribution in [0.15, 0.2) is 24.9 Å². The van der Waals surface area contributed by atoms with Gasteiger partial charge in [0.25, 0.3) is 0 Å². The van der Waals surface area contributed by atoms with Gasteiger partial charge in [-0.1, -0.05) is 20.8 Å². The maximum atomic E-state index is 5.90. The number of hydrogen-bond acceptors (Lipinski definition) is 3. The fourth-order valence-corrected chi connectivity index (χ4v) is 2.35. The monoisotopic (exact) mass is 261 g/mol. The second-order valence-electron chi connectivity index (χ2n) is 5.23. The van der Waals surface area contributed by atoms with Gasteiger partial charge in [-0.3, -0.25) is 4.68 Å². The van der Waals surface area contributed by atoms with E-state index in [9.17, 15) is 0 Å². The molecular weight excluding hydrogens is 238 g/mol. The van der Waals surface area contributed by atoms with E-state index in [1.807, 2.05) is 23.4 Å². The highest BCUT2D eigenvalue weighted by molar-refractivity contribution is 5.56. The summed E-state index contributed by atoms with van der Waals surface area (Å²) >= 11 is 0. The molecule has 2 N–H and O–H groups in total. The van der Waals surface area contributed by atoms with Crippen molar-refractivity contribution in [2.75, 3.05) is 6.54 Å². The zero-order chi connectivity index (χ0) is 13.8. The molecular formula is C14H23N5. The van der Waals surface area contributed by atoms with Gasteiger partial charge in [0, 0.05) is 30.9 Å². The van der Waals surface area contributed by atoms with Crippen molar-refractivity contribution in [2.45, 2.75) is 39.8 Å². The van der Waals surface area contributed by atoms with Gasteiger partial charge in [-0.05, 0) is 12.3 Å². The molecule has 1 unspecified atom stereocenters. The summed E-state index contributed by atoms with van der Waals surface area (Å²) in [7, 11) is 0. The lowest BCUT2D eigenvalue weighted by Gasteiger charge is -2.22. The van der Waals surface area contributed by atoms with Crippen LogP contribution in [-0.2, 0) is 6.54 Å². The van der Waals surface area contributed by atoms with Gasteiger partial charge in [0.2, 0.25) is 0 Å². The van der Waals surface area contributed by atoms with Gasteiger partial charge in [0.05, 0.1) is 24.4 Å². The normalized spacial score (nSPS) is 13.1. The van der Waals surface area contributed by atoms with E-state index >= 15 is 0 Å². The van der Waals surface area contributed by atoms with Gasteiger partial charge < -0.3 is 10.3 Å². The summed E-state index contributed by atoms with van der Waals surface area (Å²) in [5, 5.41) is 4.38. The van der Waals surface area contributed by atoms with E-state index in [1.165, 1.54) is 0 Å². The summed E-state index contributed by atoms with van der Waals surface area (Å²) in [5.41, 5.74) is 8.09. The van der Waals surface area contributed by atoms with E-state index < -0.39 is 0 Å². The molecule has 0 aliphatic heterocycles. The molecule has 0 amide bonds. The van der Waals surface area contributed by atoms with Crippen molar-refractivity contribution in [2.24, 2.45) is 11.7 Å². The van der Waals surface area contributed by atoms with Crippen LogP contribution in [0.3, 0.4) is 0 Å². The van der Waals surface area contributed by atoms with Gasteiger partial charge in [-0.2, -0.15) is 5.10 Å². The average molecular weight is 261 g/mol. The van der Waals surface area contributed by atoms with Gasteiger partial charge in [0.15, 0.2) is 0 Å². The number of hydrogen-bond donors (Lipinski definition) is 1.